The van der Waals surface area contributed by atoms with Crippen molar-refractivity contribution in [2.75, 3.05) is 32.7 Å². The van der Waals surface area contributed by atoms with Crippen LogP contribution < -0.4 is 0 Å². The highest BCUT2D eigenvalue weighted by Gasteiger charge is 2.25. The van der Waals surface area contributed by atoms with Crippen molar-refractivity contribution in [1.29, 1.82) is 0 Å². The third-order valence-corrected chi connectivity index (χ3v) is 3.07. The molecule has 80 valence electrons. The van der Waals surface area contributed by atoms with Gasteiger partial charge in [0.2, 0.25) is 5.91 Å². The number of aliphatic hydroxyl groups is 1. The summed E-state index contributed by atoms with van der Waals surface area (Å²) in [5.74, 6) is 0.233. The van der Waals surface area contributed by atoms with Gasteiger partial charge in [-0.1, -0.05) is 0 Å². The van der Waals surface area contributed by atoms with Crippen LogP contribution in [0.3, 0.4) is 0 Å². The maximum atomic E-state index is 11.7. The van der Waals surface area contributed by atoms with E-state index >= 15 is 0 Å². The first-order valence-electron chi connectivity index (χ1n) is 5.44. The maximum absolute atomic E-state index is 11.7. The van der Waals surface area contributed by atoms with Crippen molar-refractivity contribution in [1.82, 2.24) is 9.80 Å². The molecule has 2 saturated heterocycles. The lowest BCUT2D eigenvalue weighted by Gasteiger charge is -2.20. The van der Waals surface area contributed by atoms with Crippen LogP contribution in [0, 0.1) is 0 Å². The summed E-state index contributed by atoms with van der Waals surface area (Å²) < 4.78 is 0. The van der Waals surface area contributed by atoms with Crippen LogP contribution in [0.25, 0.3) is 0 Å². The van der Waals surface area contributed by atoms with Crippen LogP contribution in [0.15, 0.2) is 0 Å². The molecule has 0 saturated carbocycles. The van der Waals surface area contributed by atoms with E-state index in [0.717, 1.165) is 38.9 Å². The first-order chi connectivity index (χ1) is 6.75. The summed E-state index contributed by atoms with van der Waals surface area (Å²) in [6.45, 7) is 3.88. The maximum Gasteiger partial charge on any atom is 0.236 e. The van der Waals surface area contributed by atoms with Gasteiger partial charge in [-0.25, -0.2) is 0 Å². The van der Waals surface area contributed by atoms with Crippen molar-refractivity contribution in [3.63, 3.8) is 0 Å². The molecule has 4 heteroatoms. The number of hydrogen-bond acceptors (Lipinski definition) is 3. The van der Waals surface area contributed by atoms with E-state index in [9.17, 15) is 9.90 Å². The molecule has 1 amide bonds. The van der Waals surface area contributed by atoms with Gasteiger partial charge < -0.3 is 10.0 Å². The first-order valence-corrected chi connectivity index (χ1v) is 5.44. The molecule has 2 heterocycles. The zero-order valence-corrected chi connectivity index (χ0v) is 8.48. The second kappa shape index (κ2) is 4.28. The molecular weight excluding hydrogens is 180 g/mol. The number of carbonyl (C=O) groups excluding carboxylic acids is 1. The van der Waals surface area contributed by atoms with Gasteiger partial charge >= 0.3 is 0 Å². The Bertz CT molecular complexity index is 214. The molecule has 0 unspecified atom stereocenters. The quantitative estimate of drug-likeness (QED) is 0.661. The Morgan fingerprint density at radius 1 is 1.29 bits per heavy atom. The molecule has 2 rings (SSSR count). The monoisotopic (exact) mass is 198 g/mol. The number of β-amino-alcohol motifs (C(OH)–C–C–N with tert-alkyl or cyclic N) is 1. The molecule has 14 heavy (non-hydrogen) atoms. The van der Waals surface area contributed by atoms with Gasteiger partial charge in [-0.2, -0.15) is 0 Å². The van der Waals surface area contributed by atoms with Crippen LogP contribution in [-0.4, -0.2) is 59.6 Å². The van der Waals surface area contributed by atoms with Crippen molar-refractivity contribution in [3.05, 3.63) is 0 Å². The third kappa shape index (κ3) is 2.25. The molecule has 0 aromatic rings. The second-order valence-corrected chi connectivity index (χ2v) is 4.27. The second-order valence-electron chi connectivity index (χ2n) is 4.27. The minimum Gasteiger partial charge on any atom is -0.392 e. The predicted octanol–water partition coefficient (Wildman–Crippen LogP) is -0.325. The number of likely N-dealkylation sites (tertiary alicyclic amines) is 2. The van der Waals surface area contributed by atoms with E-state index in [0.29, 0.717) is 13.1 Å². The van der Waals surface area contributed by atoms with E-state index in [1.165, 1.54) is 0 Å². The van der Waals surface area contributed by atoms with E-state index in [1.807, 2.05) is 9.80 Å². The van der Waals surface area contributed by atoms with Gasteiger partial charge in [0.15, 0.2) is 0 Å². The van der Waals surface area contributed by atoms with E-state index in [-0.39, 0.29) is 12.0 Å². The Labute approximate surface area is 84.5 Å². The lowest BCUT2D eigenvalue weighted by atomic mass is 10.3. The summed E-state index contributed by atoms with van der Waals surface area (Å²) in [5, 5.41) is 9.31. The van der Waals surface area contributed by atoms with Crippen LogP contribution >= 0.6 is 0 Å². The number of hydrogen-bond donors (Lipinski definition) is 1. The average Bonchev–Trinajstić information content (AvgIpc) is 2.75. The summed E-state index contributed by atoms with van der Waals surface area (Å²) in [4.78, 5) is 15.7. The lowest BCUT2D eigenvalue weighted by molar-refractivity contribution is -0.131. The molecule has 4 nitrogen and oxygen atoms in total. The molecule has 0 aromatic heterocycles. The van der Waals surface area contributed by atoms with Gasteiger partial charge in [-0.3, -0.25) is 9.69 Å². The Balaban J connectivity index is 1.76. The van der Waals surface area contributed by atoms with Gasteiger partial charge in [-0.05, 0) is 19.3 Å². The fourth-order valence-electron chi connectivity index (χ4n) is 2.21. The van der Waals surface area contributed by atoms with Gasteiger partial charge in [0, 0.05) is 26.2 Å². The zero-order chi connectivity index (χ0) is 9.97. The van der Waals surface area contributed by atoms with Crippen molar-refractivity contribution in [2.45, 2.75) is 25.4 Å². The Hall–Kier alpha value is -0.610. The summed E-state index contributed by atoms with van der Waals surface area (Å²) >= 11 is 0. The fourth-order valence-corrected chi connectivity index (χ4v) is 2.21. The highest BCUT2D eigenvalue weighted by Crippen LogP contribution is 2.11. The molecule has 0 radical (unpaired) electrons. The highest BCUT2D eigenvalue weighted by atomic mass is 16.3. The number of carbonyl (C=O) groups is 1. The van der Waals surface area contributed by atoms with Crippen LogP contribution in [0.2, 0.25) is 0 Å². The van der Waals surface area contributed by atoms with Crippen LogP contribution in [0.5, 0.6) is 0 Å². The average molecular weight is 198 g/mol. The molecule has 0 aromatic carbocycles. The number of aliphatic hydroxyl groups excluding tert-OH is 1. The largest absolute Gasteiger partial charge is 0.392 e. The van der Waals surface area contributed by atoms with Crippen LogP contribution in [-0.2, 0) is 4.79 Å². The molecule has 2 aliphatic rings. The Kier molecular flexibility index (Phi) is 3.03. The van der Waals surface area contributed by atoms with Crippen molar-refractivity contribution >= 4 is 5.91 Å². The van der Waals surface area contributed by atoms with Crippen LogP contribution in [0.4, 0.5) is 0 Å². The molecular formula is C10H18N2O2. The topological polar surface area (TPSA) is 43.8 Å². The molecule has 2 aliphatic heterocycles. The fraction of sp³-hybridized carbons (Fsp3) is 0.900. The van der Waals surface area contributed by atoms with Crippen molar-refractivity contribution < 1.29 is 9.90 Å². The molecule has 2 fully saturated rings. The SMILES string of the molecule is O=C(CN1CC[C@@H](O)C1)N1CCCC1. The van der Waals surface area contributed by atoms with E-state index < -0.39 is 0 Å². The minimum absolute atomic E-state index is 0.221. The van der Waals surface area contributed by atoms with E-state index in [2.05, 4.69) is 0 Å². The highest BCUT2D eigenvalue weighted by molar-refractivity contribution is 5.78. The first kappa shape index (κ1) is 9.93. The third-order valence-electron chi connectivity index (χ3n) is 3.07. The Morgan fingerprint density at radius 2 is 2.00 bits per heavy atom. The molecule has 1 N–H and O–H groups in total. The number of amides is 1. The van der Waals surface area contributed by atoms with E-state index in [4.69, 9.17) is 0 Å². The van der Waals surface area contributed by atoms with Crippen LogP contribution in [0.1, 0.15) is 19.3 Å². The van der Waals surface area contributed by atoms with E-state index in [1.54, 1.807) is 0 Å². The normalized spacial score (nSPS) is 28.6. The van der Waals surface area contributed by atoms with Crippen molar-refractivity contribution in [3.8, 4) is 0 Å². The summed E-state index contributed by atoms with van der Waals surface area (Å²) in [6.07, 6.45) is 2.89. The van der Waals surface area contributed by atoms with Gasteiger partial charge in [0.25, 0.3) is 0 Å². The molecule has 0 bridgehead atoms. The van der Waals surface area contributed by atoms with Gasteiger partial charge in [-0.15, -0.1) is 0 Å². The summed E-state index contributed by atoms with van der Waals surface area (Å²) in [7, 11) is 0. The molecule has 1 atom stereocenters. The Morgan fingerprint density at radius 3 is 2.57 bits per heavy atom. The molecule has 0 aliphatic carbocycles. The van der Waals surface area contributed by atoms with Gasteiger partial charge in [0.1, 0.15) is 0 Å². The lowest BCUT2D eigenvalue weighted by Crippen LogP contribution is -2.38. The number of rotatable bonds is 2. The number of nitrogens with zero attached hydrogens (tertiary/aromatic N) is 2. The zero-order valence-electron chi connectivity index (χ0n) is 8.48. The predicted molar refractivity (Wildman–Crippen MR) is 52.9 cm³/mol. The van der Waals surface area contributed by atoms with Crippen molar-refractivity contribution in [2.24, 2.45) is 0 Å². The minimum atomic E-state index is -0.221. The summed E-state index contributed by atoms with van der Waals surface area (Å²) in [5.41, 5.74) is 0. The summed E-state index contributed by atoms with van der Waals surface area (Å²) in [6, 6.07) is 0. The smallest absolute Gasteiger partial charge is 0.236 e. The standard InChI is InChI=1S/C10H18N2O2/c13-9-3-6-11(7-9)8-10(14)12-4-1-2-5-12/h9,13H,1-8H2/t9-/m1/s1. The van der Waals surface area contributed by atoms with Gasteiger partial charge in [0.05, 0.1) is 12.6 Å². The molecule has 0 spiro atoms.